The molecular weight excluding hydrogens is 500 g/mol. The lowest BCUT2D eigenvalue weighted by atomic mass is 10.0. The lowest BCUT2D eigenvalue weighted by Gasteiger charge is -2.21. The fourth-order valence-electron chi connectivity index (χ4n) is 3.59. The van der Waals surface area contributed by atoms with Crippen LogP contribution in [-0.4, -0.2) is 82.0 Å². The van der Waals surface area contributed by atoms with Crippen molar-refractivity contribution in [3.63, 3.8) is 0 Å². The van der Waals surface area contributed by atoms with E-state index in [0.717, 1.165) is 10.9 Å². The van der Waals surface area contributed by atoms with E-state index in [0.29, 0.717) is 5.56 Å². The van der Waals surface area contributed by atoms with Crippen LogP contribution in [0.2, 0.25) is 0 Å². The van der Waals surface area contributed by atoms with E-state index in [1.165, 1.54) is 0 Å². The first-order valence-electron chi connectivity index (χ1n) is 11.7. The maximum absolute atomic E-state index is 13.0. The van der Waals surface area contributed by atoms with Crippen LogP contribution in [0.15, 0.2) is 35.5 Å². The Morgan fingerprint density at radius 2 is 1.71 bits per heavy atom. The SMILES string of the molecule is NC(N)=NCCCC(NC(=O)CNC(=O)C(N)CC(=O)O)C(=O)NC(Cc1c[nH]c2ccccc12)C(=O)O. The minimum absolute atomic E-state index is 0.0166. The number of H-pyrrole nitrogens is 1. The zero-order chi connectivity index (χ0) is 28.2. The lowest BCUT2D eigenvalue weighted by Crippen LogP contribution is -2.54. The van der Waals surface area contributed by atoms with Crippen molar-refractivity contribution in [2.45, 2.75) is 43.8 Å². The molecule has 2 rings (SSSR count). The summed E-state index contributed by atoms with van der Waals surface area (Å²) in [6.45, 7) is -0.429. The van der Waals surface area contributed by atoms with Crippen molar-refractivity contribution >= 4 is 46.5 Å². The molecule has 0 fully saturated rings. The Labute approximate surface area is 217 Å². The highest BCUT2D eigenvalue weighted by molar-refractivity contribution is 5.93. The number of carbonyl (C=O) groups is 5. The molecule has 15 heteroatoms. The third-order valence-electron chi connectivity index (χ3n) is 5.47. The van der Waals surface area contributed by atoms with Gasteiger partial charge >= 0.3 is 11.9 Å². The molecule has 2 aromatic rings. The Morgan fingerprint density at radius 3 is 2.37 bits per heavy atom. The number of nitrogens with two attached hydrogens (primary N) is 3. The minimum Gasteiger partial charge on any atom is -0.481 e. The van der Waals surface area contributed by atoms with Crippen LogP contribution in [0.5, 0.6) is 0 Å². The van der Waals surface area contributed by atoms with Gasteiger partial charge in [-0.3, -0.25) is 24.2 Å². The number of nitrogens with zero attached hydrogens (tertiary/aromatic N) is 1. The molecule has 3 unspecified atom stereocenters. The van der Waals surface area contributed by atoms with Gasteiger partial charge in [0.25, 0.3) is 0 Å². The van der Waals surface area contributed by atoms with E-state index in [1.807, 2.05) is 24.3 Å². The molecular formula is C23H32N8O7. The van der Waals surface area contributed by atoms with Gasteiger partial charge in [0, 0.05) is 30.1 Å². The number of benzene rings is 1. The number of guanidine groups is 1. The van der Waals surface area contributed by atoms with E-state index in [9.17, 15) is 29.1 Å². The zero-order valence-electron chi connectivity index (χ0n) is 20.5. The van der Waals surface area contributed by atoms with Crippen LogP contribution in [-0.2, 0) is 30.4 Å². The van der Waals surface area contributed by atoms with Gasteiger partial charge in [-0.1, -0.05) is 18.2 Å². The van der Waals surface area contributed by atoms with Crippen LogP contribution < -0.4 is 33.2 Å². The topological polar surface area (TPSA) is 268 Å². The summed E-state index contributed by atoms with van der Waals surface area (Å²) in [6, 6.07) is 3.47. The predicted molar refractivity (Wildman–Crippen MR) is 137 cm³/mol. The number of aliphatic imine (C=N–C) groups is 1. The summed E-state index contributed by atoms with van der Waals surface area (Å²) in [7, 11) is 0. The van der Waals surface area contributed by atoms with Crippen molar-refractivity contribution in [1.82, 2.24) is 20.9 Å². The summed E-state index contributed by atoms with van der Waals surface area (Å²) < 4.78 is 0. The molecule has 38 heavy (non-hydrogen) atoms. The number of nitrogens with one attached hydrogen (secondary N) is 4. The first-order chi connectivity index (χ1) is 18.0. The number of amides is 3. The summed E-state index contributed by atoms with van der Waals surface area (Å²) in [5, 5.41) is 26.4. The number of hydrogen-bond donors (Lipinski definition) is 9. The van der Waals surface area contributed by atoms with Crippen LogP contribution >= 0.6 is 0 Å². The fraction of sp³-hybridized carbons (Fsp3) is 0.391. The van der Waals surface area contributed by atoms with E-state index in [-0.39, 0.29) is 31.8 Å². The van der Waals surface area contributed by atoms with Crippen LogP contribution in [0.25, 0.3) is 10.9 Å². The summed E-state index contributed by atoms with van der Waals surface area (Å²) in [4.78, 5) is 66.8. The van der Waals surface area contributed by atoms with E-state index in [2.05, 4.69) is 25.9 Å². The highest BCUT2D eigenvalue weighted by Crippen LogP contribution is 2.19. The number of hydrogen-bond acceptors (Lipinski definition) is 7. The normalized spacial score (nSPS) is 13.1. The summed E-state index contributed by atoms with van der Waals surface area (Å²) in [6.07, 6.45) is 1.35. The third kappa shape index (κ3) is 9.42. The van der Waals surface area contributed by atoms with Crippen molar-refractivity contribution in [3.8, 4) is 0 Å². The van der Waals surface area contributed by atoms with E-state index in [4.69, 9.17) is 22.3 Å². The number of aliphatic carboxylic acids is 2. The molecule has 0 spiro atoms. The highest BCUT2D eigenvalue weighted by atomic mass is 16.4. The monoisotopic (exact) mass is 532 g/mol. The Morgan fingerprint density at radius 1 is 1.00 bits per heavy atom. The molecule has 206 valence electrons. The van der Waals surface area contributed by atoms with Crippen molar-refractivity contribution in [3.05, 3.63) is 36.0 Å². The van der Waals surface area contributed by atoms with Crippen LogP contribution in [0.4, 0.5) is 0 Å². The predicted octanol–water partition coefficient (Wildman–Crippen LogP) is -2.26. The maximum Gasteiger partial charge on any atom is 0.326 e. The van der Waals surface area contributed by atoms with Gasteiger partial charge in [0.1, 0.15) is 12.1 Å². The van der Waals surface area contributed by atoms with Gasteiger partial charge in [-0.15, -0.1) is 0 Å². The minimum atomic E-state index is -1.36. The van der Waals surface area contributed by atoms with Gasteiger partial charge in [-0.05, 0) is 24.5 Å². The molecule has 1 aromatic heterocycles. The fourth-order valence-corrected chi connectivity index (χ4v) is 3.59. The smallest absolute Gasteiger partial charge is 0.326 e. The molecule has 12 N–H and O–H groups in total. The number of fused-ring (bicyclic) bond motifs is 1. The summed E-state index contributed by atoms with van der Waals surface area (Å²) in [5.41, 5.74) is 17.5. The molecule has 0 saturated heterocycles. The number of aromatic amines is 1. The first-order valence-corrected chi connectivity index (χ1v) is 11.7. The molecule has 15 nitrogen and oxygen atoms in total. The molecule has 0 saturated carbocycles. The Kier molecular flexibility index (Phi) is 11.0. The number of rotatable bonds is 15. The van der Waals surface area contributed by atoms with Gasteiger partial charge in [0.2, 0.25) is 17.7 Å². The average molecular weight is 533 g/mol. The second-order valence-electron chi connectivity index (χ2n) is 8.45. The molecule has 0 aliphatic heterocycles. The Hall–Kier alpha value is -4.66. The number of carboxylic acid groups (broad SMARTS) is 2. The number of para-hydroxylation sites is 1. The zero-order valence-corrected chi connectivity index (χ0v) is 20.5. The standard InChI is InChI=1S/C23H32N8O7/c24-14(9-19(33)34)20(35)29-11-18(32)30-16(6-3-7-27-23(25)26)21(36)31-17(22(37)38)8-12-10-28-15-5-2-1-4-13(12)15/h1-2,4-5,10,14,16-17,28H,3,6-9,11,24H2,(H,29,35)(H,30,32)(H,31,36)(H,33,34)(H,37,38)(H4,25,26,27). The molecule has 0 aliphatic rings. The molecule has 0 bridgehead atoms. The number of aromatic nitrogens is 1. The van der Waals surface area contributed by atoms with E-state index < -0.39 is 60.8 Å². The number of carbonyl (C=O) groups excluding carboxylic acids is 3. The quantitative estimate of drug-likeness (QED) is 0.0674. The van der Waals surface area contributed by atoms with Crippen LogP contribution in [0.1, 0.15) is 24.8 Å². The molecule has 3 amide bonds. The first kappa shape index (κ1) is 29.6. The molecule has 0 radical (unpaired) electrons. The third-order valence-corrected chi connectivity index (χ3v) is 5.47. The van der Waals surface area contributed by atoms with Crippen molar-refractivity contribution in [2.75, 3.05) is 13.1 Å². The molecule has 3 atom stereocenters. The van der Waals surface area contributed by atoms with Crippen molar-refractivity contribution in [1.29, 1.82) is 0 Å². The highest BCUT2D eigenvalue weighted by Gasteiger charge is 2.27. The van der Waals surface area contributed by atoms with Gasteiger partial charge in [-0.25, -0.2) is 4.79 Å². The average Bonchev–Trinajstić information content (AvgIpc) is 3.26. The van der Waals surface area contributed by atoms with Gasteiger partial charge in [-0.2, -0.15) is 0 Å². The lowest BCUT2D eigenvalue weighted by molar-refractivity contribution is -0.142. The Bertz CT molecular complexity index is 1190. The summed E-state index contributed by atoms with van der Waals surface area (Å²) >= 11 is 0. The van der Waals surface area contributed by atoms with Crippen molar-refractivity contribution < 1.29 is 34.2 Å². The second-order valence-corrected chi connectivity index (χ2v) is 8.45. The Balaban J connectivity index is 2.07. The number of carboxylic acids is 2. The molecule has 1 heterocycles. The van der Waals surface area contributed by atoms with E-state index >= 15 is 0 Å². The van der Waals surface area contributed by atoms with Gasteiger partial charge in [0.15, 0.2) is 5.96 Å². The van der Waals surface area contributed by atoms with E-state index in [1.54, 1.807) is 6.20 Å². The largest absolute Gasteiger partial charge is 0.481 e. The molecule has 1 aromatic carbocycles. The molecule has 0 aliphatic carbocycles. The maximum atomic E-state index is 13.0. The van der Waals surface area contributed by atoms with Crippen LogP contribution in [0, 0.1) is 0 Å². The van der Waals surface area contributed by atoms with Gasteiger partial charge < -0.3 is 48.3 Å². The van der Waals surface area contributed by atoms with Crippen LogP contribution in [0.3, 0.4) is 0 Å². The second kappa shape index (κ2) is 14.2. The summed E-state index contributed by atoms with van der Waals surface area (Å²) in [5.74, 6) is -5.10. The van der Waals surface area contributed by atoms with Crippen molar-refractivity contribution in [2.24, 2.45) is 22.2 Å². The van der Waals surface area contributed by atoms with Gasteiger partial charge in [0.05, 0.1) is 19.0 Å².